The summed E-state index contributed by atoms with van der Waals surface area (Å²) in [5.41, 5.74) is 2.54. The van der Waals surface area contributed by atoms with Gasteiger partial charge < -0.3 is 14.2 Å². The Balaban J connectivity index is 2.03. The number of amides is 1. The Morgan fingerprint density at radius 2 is 2.10 bits per heavy atom. The SMILES string of the molecule is CCCn1c(C)cc(/C=C(\C#N)C(=O)OCC(=O)N(C)[C@H]2CCS(=O)(=O)C2)c1C. The second kappa shape index (κ2) is 9.27. The quantitative estimate of drug-likeness (QED) is 0.376. The van der Waals surface area contributed by atoms with Crippen LogP contribution in [0.3, 0.4) is 0 Å². The van der Waals surface area contributed by atoms with Crippen molar-refractivity contribution in [3.05, 3.63) is 28.6 Å². The van der Waals surface area contributed by atoms with E-state index in [4.69, 9.17) is 4.74 Å². The molecule has 0 aromatic carbocycles. The van der Waals surface area contributed by atoms with Crippen LogP contribution in [-0.4, -0.2) is 61.0 Å². The van der Waals surface area contributed by atoms with Crippen molar-refractivity contribution in [3.8, 4) is 6.07 Å². The lowest BCUT2D eigenvalue weighted by Gasteiger charge is -2.23. The minimum atomic E-state index is -3.12. The molecule has 1 fully saturated rings. The Labute approximate surface area is 171 Å². The minimum Gasteiger partial charge on any atom is -0.451 e. The molecule has 0 unspecified atom stereocenters. The normalized spacial score (nSPS) is 18.3. The van der Waals surface area contributed by atoms with E-state index < -0.39 is 34.4 Å². The second-order valence-corrected chi connectivity index (χ2v) is 9.51. The lowest BCUT2D eigenvalue weighted by Crippen LogP contribution is -2.40. The molecule has 9 heteroatoms. The Bertz CT molecular complexity index is 969. The highest BCUT2D eigenvalue weighted by atomic mass is 32.2. The third kappa shape index (κ3) is 5.48. The first-order valence-electron chi connectivity index (χ1n) is 9.51. The maximum atomic E-state index is 12.3. The summed E-state index contributed by atoms with van der Waals surface area (Å²) in [5.74, 6) is -1.42. The predicted octanol–water partition coefficient (Wildman–Crippen LogP) is 1.61. The first kappa shape index (κ1) is 22.7. The summed E-state index contributed by atoms with van der Waals surface area (Å²) in [6, 6.07) is 3.31. The number of carbonyl (C=O) groups is 2. The van der Waals surface area contributed by atoms with Crippen molar-refractivity contribution in [3.63, 3.8) is 0 Å². The van der Waals surface area contributed by atoms with E-state index in [0.29, 0.717) is 6.42 Å². The van der Waals surface area contributed by atoms with Crippen LogP contribution >= 0.6 is 0 Å². The van der Waals surface area contributed by atoms with Crippen molar-refractivity contribution < 1.29 is 22.7 Å². The van der Waals surface area contributed by atoms with Gasteiger partial charge in [0.25, 0.3) is 5.91 Å². The third-order valence-electron chi connectivity index (χ3n) is 5.18. The molecule has 0 aliphatic carbocycles. The summed E-state index contributed by atoms with van der Waals surface area (Å²) >= 11 is 0. The molecule has 29 heavy (non-hydrogen) atoms. The molecule has 0 spiro atoms. The average Bonchev–Trinajstić information content (AvgIpc) is 3.16. The summed E-state index contributed by atoms with van der Waals surface area (Å²) in [7, 11) is -1.63. The van der Waals surface area contributed by atoms with Crippen molar-refractivity contribution in [1.29, 1.82) is 5.26 Å². The fourth-order valence-electron chi connectivity index (χ4n) is 3.43. The molecule has 0 N–H and O–H groups in total. The van der Waals surface area contributed by atoms with E-state index in [-0.39, 0.29) is 17.1 Å². The molecule has 158 valence electrons. The Kier molecular flexibility index (Phi) is 7.25. The predicted molar refractivity (Wildman–Crippen MR) is 109 cm³/mol. The number of nitrogens with zero attached hydrogens (tertiary/aromatic N) is 3. The number of ether oxygens (including phenoxy) is 1. The zero-order valence-electron chi connectivity index (χ0n) is 17.3. The number of rotatable bonds is 7. The van der Waals surface area contributed by atoms with E-state index in [1.807, 2.05) is 26.0 Å². The van der Waals surface area contributed by atoms with Gasteiger partial charge in [0.2, 0.25) is 0 Å². The number of hydrogen-bond acceptors (Lipinski definition) is 6. The number of sulfone groups is 1. The molecule has 0 radical (unpaired) electrons. The van der Waals surface area contributed by atoms with Gasteiger partial charge in [0.15, 0.2) is 16.4 Å². The largest absolute Gasteiger partial charge is 0.451 e. The molecule has 1 saturated heterocycles. The highest BCUT2D eigenvalue weighted by Gasteiger charge is 2.33. The van der Waals surface area contributed by atoms with Gasteiger partial charge in [-0.25, -0.2) is 13.2 Å². The first-order chi connectivity index (χ1) is 13.6. The van der Waals surface area contributed by atoms with Gasteiger partial charge in [-0.15, -0.1) is 0 Å². The monoisotopic (exact) mass is 421 g/mol. The van der Waals surface area contributed by atoms with Gasteiger partial charge in [-0.1, -0.05) is 6.92 Å². The van der Waals surface area contributed by atoms with Crippen molar-refractivity contribution in [2.75, 3.05) is 25.2 Å². The molecule has 1 aliphatic heterocycles. The number of esters is 1. The van der Waals surface area contributed by atoms with Crippen LogP contribution in [0.2, 0.25) is 0 Å². The molecule has 1 amide bonds. The van der Waals surface area contributed by atoms with E-state index in [0.717, 1.165) is 29.9 Å². The molecule has 0 saturated carbocycles. The van der Waals surface area contributed by atoms with Crippen LogP contribution in [0.1, 0.15) is 36.7 Å². The standard InChI is InChI=1S/C20H27N3O5S/c1-5-7-23-14(2)9-16(15(23)3)10-17(11-21)20(25)28-12-19(24)22(4)18-6-8-29(26,27)13-18/h9-10,18H,5-8,12-13H2,1-4H3/b17-10+/t18-/m0/s1. The molecule has 1 aliphatic rings. The molecule has 1 aromatic heterocycles. The number of hydrogen-bond donors (Lipinski definition) is 0. The average molecular weight is 422 g/mol. The van der Waals surface area contributed by atoms with Crippen LogP contribution < -0.4 is 0 Å². The van der Waals surface area contributed by atoms with Crippen LogP contribution in [0.4, 0.5) is 0 Å². The van der Waals surface area contributed by atoms with Crippen LogP contribution in [0.15, 0.2) is 11.6 Å². The van der Waals surface area contributed by atoms with Gasteiger partial charge in [0, 0.05) is 31.0 Å². The molecule has 2 heterocycles. The highest BCUT2D eigenvalue weighted by Crippen LogP contribution is 2.19. The Hall–Kier alpha value is -2.60. The maximum Gasteiger partial charge on any atom is 0.349 e. The van der Waals surface area contributed by atoms with Gasteiger partial charge in [-0.05, 0) is 44.4 Å². The Morgan fingerprint density at radius 3 is 2.66 bits per heavy atom. The summed E-state index contributed by atoms with van der Waals surface area (Å²) in [5, 5.41) is 9.34. The van der Waals surface area contributed by atoms with Crippen molar-refractivity contribution in [2.45, 2.75) is 46.2 Å². The summed E-state index contributed by atoms with van der Waals surface area (Å²) in [6.45, 7) is 6.25. The maximum absolute atomic E-state index is 12.3. The smallest absolute Gasteiger partial charge is 0.349 e. The van der Waals surface area contributed by atoms with E-state index in [1.54, 1.807) is 0 Å². The summed E-state index contributed by atoms with van der Waals surface area (Å²) in [4.78, 5) is 25.8. The molecule has 8 nitrogen and oxygen atoms in total. The second-order valence-electron chi connectivity index (χ2n) is 7.29. The van der Waals surface area contributed by atoms with Gasteiger partial charge in [-0.3, -0.25) is 4.79 Å². The highest BCUT2D eigenvalue weighted by molar-refractivity contribution is 7.91. The molecular formula is C20H27N3O5S. The molecular weight excluding hydrogens is 394 g/mol. The fraction of sp³-hybridized carbons (Fsp3) is 0.550. The van der Waals surface area contributed by atoms with E-state index in [9.17, 15) is 23.3 Å². The number of nitriles is 1. The number of aryl methyl sites for hydroxylation is 1. The molecule has 0 bridgehead atoms. The lowest BCUT2D eigenvalue weighted by molar-refractivity contribution is -0.148. The number of carbonyl (C=O) groups excluding carboxylic acids is 2. The number of likely N-dealkylation sites (N-methyl/N-ethyl adjacent to an activating group) is 1. The summed E-state index contributed by atoms with van der Waals surface area (Å²) < 4.78 is 30.2. The van der Waals surface area contributed by atoms with Crippen molar-refractivity contribution in [1.82, 2.24) is 9.47 Å². The van der Waals surface area contributed by atoms with Crippen LogP contribution in [0.25, 0.3) is 6.08 Å². The van der Waals surface area contributed by atoms with E-state index in [2.05, 4.69) is 11.5 Å². The lowest BCUT2D eigenvalue weighted by atomic mass is 10.1. The van der Waals surface area contributed by atoms with Gasteiger partial charge >= 0.3 is 5.97 Å². The van der Waals surface area contributed by atoms with Crippen LogP contribution in [0.5, 0.6) is 0 Å². The first-order valence-corrected chi connectivity index (χ1v) is 11.3. The molecule has 1 aromatic rings. The Morgan fingerprint density at radius 1 is 1.41 bits per heavy atom. The zero-order chi connectivity index (χ0) is 21.8. The topological polar surface area (TPSA) is 109 Å². The zero-order valence-corrected chi connectivity index (χ0v) is 18.1. The molecule has 1 atom stereocenters. The van der Waals surface area contributed by atoms with E-state index in [1.165, 1.54) is 18.0 Å². The van der Waals surface area contributed by atoms with E-state index >= 15 is 0 Å². The van der Waals surface area contributed by atoms with Crippen LogP contribution in [0, 0.1) is 25.2 Å². The minimum absolute atomic E-state index is 0.0485. The molecule has 2 rings (SSSR count). The van der Waals surface area contributed by atoms with Gasteiger partial charge in [-0.2, -0.15) is 5.26 Å². The van der Waals surface area contributed by atoms with Gasteiger partial charge in [0.05, 0.1) is 11.5 Å². The van der Waals surface area contributed by atoms with Gasteiger partial charge in [0.1, 0.15) is 11.6 Å². The summed E-state index contributed by atoms with van der Waals surface area (Å²) in [6.07, 6.45) is 2.80. The third-order valence-corrected chi connectivity index (χ3v) is 6.93. The van der Waals surface area contributed by atoms with Crippen molar-refractivity contribution >= 4 is 27.8 Å². The fourth-order valence-corrected chi connectivity index (χ4v) is 5.20. The number of aromatic nitrogens is 1. The van der Waals surface area contributed by atoms with Crippen LogP contribution in [-0.2, 0) is 30.7 Å². The van der Waals surface area contributed by atoms with Crippen molar-refractivity contribution in [2.24, 2.45) is 0 Å².